The Kier molecular flexibility index (Phi) is 5.35. The number of amides is 1. The minimum absolute atomic E-state index is 0.0773. The van der Waals surface area contributed by atoms with E-state index in [-0.39, 0.29) is 17.4 Å². The number of benzene rings is 2. The summed E-state index contributed by atoms with van der Waals surface area (Å²) in [7, 11) is 0. The molecule has 7 nitrogen and oxygen atoms in total. The number of aliphatic hydroxyl groups excluding tert-OH is 1. The van der Waals surface area contributed by atoms with E-state index in [1.807, 2.05) is 31.2 Å². The van der Waals surface area contributed by atoms with Gasteiger partial charge in [-0.15, -0.1) is 0 Å². The van der Waals surface area contributed by atoms with Gasteiger partial charge < -0.3 is 24.2 Å². The molecule has 0 saturated carbocycles. The zero-order valence-corrected chi connectivity index (χ0v) is 17.9. The van der Waals surface area contributed by atoms with Crippen molar-refractivity contribution in [1.82, 2.24) is 4.90 Å². The van der Waals surface area contributed by atoms with Crippen LogP contribution in [0.25, 0.3) is 5.76 Å². The van der Waals surface area contributed by atoms with E-state index in [0.717, 1.165) is 24.0 Å². The van der Waals surface area contributed by atoms with Gasteiger partial charge in [-0.05, 0) is 43.5 Å². The third-order valence-electron chi connectivity index (χ3n) is 6.17. The molecule has 3 aliphatic heterocycles. The summed E-state index contributed by atoms with van der Waals surface area (Å²) in [6.45, 7) is 3.80. The zero-order valence-electron chi connectivity index (χ0n) is 17.9. The van der Waals surface area contributed by atoms with Crippen LogP contribution >= 0.6 is 0 Å². The Balaban J connectivity index is 1.60. The summed E-state index contributed by atoms with van der Waals surface area (Å²) in [6.07, 6.45) is 1.66. The Morgan fingerprint density at radius 2 is 1.78 bits per heavy atom. The first-order valence-electron chi connectivity index (χ1n) is 10.9. The SMILES string of the molecule is Cc1ccc(C2/C(=C(/O)c3ccc4c(c3)OCCO4)C(=O)C(=O)N2CC2CCCO2)cc1. The van der Waals surface area contributed by atoms with Gasteiger partial charge in [0.2, 0.25) is 0 Å². The molecule has 32 heavy (non-hydrogen) atoms. The molecule has 2 aromatic rings. The zero-order chi connectivity index (χ0) is 22.2. The van der Waals surface area contributed by atoms with Gasteiger partial charge in [0.15, 0.2) is 11.5 Å². The summed E-state index contributed by atoms with van der Waals surface area (Å²) in [5.41, 5.74) is 2.32. The van der Waals surface area contributed by atoms with Crippen molar-refractivity contribution in [2.75, 3.05) is 26.4 Å². The van der Waals surface area contributed by atoms with Crippen LogP contribution in [0.5, 0.6) is 11.5 Å². The average Bonchev–Trinajstić information content (AvgIpc) is 3.41. The number of ketones is 1. The molecule has 166 valence electrons. The van der Waals surface area contributed by atoms with E-state index in [2.05, 4.69) is 0 Å². The highest BCUT2D eigenvalue weighted by Gasteiger charge is 2.47. The number of carbonyl (C=O) groups is 2. The maximum absolute atomic E-state index is 13.1. The number of ether oxygens (including phenoxy) is 3. The first kappa shape index (κ1) is 20.6. The number of hydrogen-bond donors (Lipinski definition) is 1. The van der Waals surface area contributed by atoms with Crippen molar-refractivity contribution in [3.05, 3.63) is 64.7 Å². The van der Waals surface area contributed by atoms with E-state index in [1.54, 1.807) is 18.2 Å². The number of nitrogens with zero attached hydrogens (tertiary/aromatic N) is 1. The lowest BCUT2D eigenvalue weighted by atomic mass is 9.94. The van der Waals surface area contributed by atoms with Gasteiger partial charge in [0.05, 0.1) is 17.7 Å². The van der Waals surface area contributed by atoms with E-state index >= 15 is 0 Å². The molecule has 0 spiro atoms. The van der Waals surface area contributed by atoms with Crippen LogP contribution in [0.3, 0.4) is 0 Å². The van der Waals surface area contributed by atoms with Crippen LogP contribution in [0.2, 0.25) is 0 Å². The summed E-state index contributed by atoms with van der Waals surface area (Å²) in [5, 5.41) is 11.2. The Morgan fingerprint density at radius 3 is 2.50 bits per heavy atom. The second kappa shape index (κ2) is 8.31. The molecule has 7 heteroatoms. The molecular weight excluding hydrogens is 410 g/mol. The largest absolute Gasteiger partial charge is 0.507 e. The molecule has 0 aromatic heterocycles. The Morgan fingerprint density at radius 1 is 1.03 bits per heavy atom. The van der Waals surface area contributed by atoms with Crippen LogP contribution in [-0.2, 0) is 14.3 Å². The molecular formula is C25H25NO6. The molecule has 1 N–H and O–H groups in total. The number of fused-ring (bicyclic) bond motifs is 1. The first-order chi connectivity index (χ1) is 15.5. The molecule has 3 heterocycles. The quantitative estimate of drug-likeness (QED) is 0.450. The minimum Gasteiger partial charge on any atom is -0.507 e. The van der Waals surface area contributed by atoms with Crippen LogP contribution in [0, 0.1) is 6.92 Å². The fraction of sp³-hybridized carbons (Fsp3) is 0.360. The molecule has 0 bridgehead atoms. The van der Waals surface area contributed by atoms with Crippen LogP contribution in [-0.4, -0.2) is 54.2 Å². The molecule has 3 aliphatic rings. The van der Waals surface area contributed by atoms with Crippen molar-refractivity contribution < 1.29 is 28.9 Å². The molecule has 2 unspecified atom stereocenters. The van der Waals surface area contributed by atoms with Gasteiger partial charge in [-0.1, -0.05) is 29.8 Å². The van der Waals surface area contributed by atoms with Crippen LogP contribution in [0.1, 0.15) is 35.6 Å². The number of hydrogen-bond acceptors (Lipinski definition) is 6. The van der Waals surface area contributed by atoms with E-state index in [0.29, 0.717) is 43.4 Å². The molecule has 2 fully saturated rings. The molecule has 2 atom stereocenters. The van der Waals surface area contributed by atoms with E-state index in [9.17, 15) is 14.7 Å². The van der Waals surface area contributed by atoms with E-state index < -0.39 is 17.7 Å². The van der Waals surface area contributed by atoms with Crippen molar-refractivity contribution in [2.24, 2.45) is 0 Å². The first-order valence-corrected chi connectivity index (χ1v) is 10.9. The lowest BCUT2D eigenvalue weighted by molar-refractivity contribution is -0.140. The lowest BCUT2D eigenvalue weighted by Gasteiger charge is -2.27. The number of aryl methyl sites for hydroxylation is 1. The van der Waals surface area contributed by atoms with Gasteiger partial charge in [-0.25, -0.2) is 0 Å². The number of likely N-dealkylation sites (tertiary alicyclic amines) is 1. The second-order valence-electron chi connectivity index (χ2n) is 8.36. The van der Waals surface area contributed by atoms with E-state index in [1.165, 1.54) is 4.90 Å². The highest BCUT2D eigenvalue weighted by molar-refractivity contribution is 6.46. The predicted octanol–water partition coefficient (Wildman–Crippen LogP) is 3.37. The standard InChI is InChI=1S/C25H25NO6/c1-15-4-6-16(7-5-15)22-21(24(28)25(29)26(22)14-18-3-2-10-30-18)23(27)17-8-9-19-20(13-17)32-12-11-31-19/h4-9,13,18,22,27H,2-3,10-12,14H2,1H3/b23-21-. The Hall–Kier alpha value is -3.32. The number of carbonyl (C=O) groups excluding carboxylic acids is 2. The lowest BCUT2D eigenvalue weighted by Crippen LogP contribution is -2.36. The minimum atomic E-state index is -0.694. The maximum Gasteiger partial charge on any atom is 0.295 e. The summed E-state index contributed by atoms with van der Waals surface area (Å²) in [5.74, 6) is -0.450. The average molecular weight is 435 g/mol. The maximum atomic E-state index is 13.1. The van der Waals surface area contributed by atoms with Gasteiger partial charge in [-0.3, -0.25) is 9.59 Å². The number of aliphatic hydroxyl groups is 1. The topological polar surface area (TPSA) is 85.3 Å². The van der Waals surface area contributed by atoms with Crippen molar-refractivity contribution in [3.8, 4) is 11.5 Å². The summed E-state index contributed by atoms with van der Waals surface area (Å²) in [6, 6.07) is 12.0. The molecule has 0 aliphatic carbocycles. The predicted molar refractivity (Wildman–Crippen MR) is 117 cm³/mol. The highest BCUT2D eigenvalue weighted by Crippen LogP contribution is 2.41. The van der Waals surface area contributed by atoms with E-state index in [4.69, 9.17) is 14.2 Å². The van der Waals surface area contributed by atoms with Gasteiger partial charge in [0, 0.05) is 18.7 Å². The van der Waals surface area contributed by atoms with Crippen molar-refractivity contribution in [2.45, 2.75) is 31.9 Å². The monoisotopic (exact) mass is 435 g/mol. The van der Waals surface area contributed by atoms with Crippen molar-refractivity contribution in [3.63, 3.8) is 0 Å². The van der Waals surface area contributed by atoms with Gasteiger partial charge in [0.1, 0.15) is 19.0 Å². The normalized spacial score (nSPS) is 24.2. The Labute approximate surface area is 186 Å². The van der Waals surface area contributed by atoms with Crippen molar-refractivity contribution in [1.29, 1.82) is 0 Å². The molecule has 1 amide bonds. The van der Waals surface area contributed by atoms with Crippen LogP contribution in [0.15, 0.2) is 48.0 Å². The molecule has 5 rings (SSSR count). The molecule has 2 saturated heterocycles. The van der Waals surface area contributed by atoms with Crippen molar-refractivity contribution >= 4 is 17.4 Å². The number of Topliss-reactive ketones (excluding diaryl/α,β-unsaturated/α-hetero) is 1. The fourth-order valence-corrected chi connectivity index (χ4v) is 4.52. The molecule has 2 aromatic carbocycles. The van der Waals surface area contributed by atoms with Crippen LogP contribution < -0.4 is 9.47 Å². The molecule has 0 radical (unpaired) electrons. The number of rotatable bonds is 4. The highest BCUT2D eigenvalue weighted by atomic mass is 16.6. The third kappa shape index (κ3) is 3.62. The van der Waals surface area contributed by atoms with Gasteiger partial charge in [-0.2, -0.15) is 0 Å². The third-order valence-corrected chi connectivity index (χ3v) is 6.17. The fourth-order valence-electron chi connectivity index (χ4n) is 4.52. The van der Waals surface area contributed by atoms with Gasteiger partial charge >= 0.3 is 0 Å². The Bertz CT molecular complexity index is 1080. The summed E-state index contributed by atoms with van der Waals surface area (Å²) in [4.78, 5) is 27.7. The summed E-state index contributed by atoms with van der Waals surface area (Å²) < 4.78 is 16.9. The van der Waals surface area contributed by atoms with Gasteiger partial charge in [0.25, 0.3) is 11.7 Å². The smallest absolute Gasteiger partial charge is 0.295 e. The van der Waals surface area contributed by atoms with Crippen LogP contribution in [0.4, 0.5) is 0 Å². The summed E-state index contributed by atoms with van der Waals surface area (Å²) >= 11 is 0. The second-order valence-corrected chi connectivity index (χ2v) is 8.36.